The van der Waals surface area contributed by atoms with Crippen LogP contribution in [0.1, 0.15) is 16.1 Å². The number of hydrogen-bond donors (Lipinski definition) is 0. The van der Waals surface area contributed by atoms with E-state index in [1.165, 1.54) is 0 Å². The third-order valence-electron chi connectivity index (χ3n) is 2.35. The van der Waals surface area contributed by atoms with Gasteiger partial charge in [-0.25, -0.2) is 0 Å². The minimum Gasteiger partial charge on any atom is -0.497 e. The maximum Gasteiger partial charge on any atom is 0.202 e. The highest BCUT2D eigenvalue weighted by Crippen LogP contribution is 2.18. The Morgan fingerprint density at radius 2 is 2.18 bits per heavy atom. The van der Waals surface area contributed by atoms with Crippen molar-refractivity contribution in [2.45, 2.75) is 6.42 Å². The van der Waals surface area contributed by atoms with Gasteiger partial charge in [-0.2, -0.15) is 0 Å². The molecule has 0 aliphatic carbocycles. The number of methoxy groups -OCH3 is 1. The summed E-state index contributed by atoms with van der Waals surface area (Å²) in [5.41, 5.74) is 0.905. The van der Waals surface area contributed by atoms with Crippen molar-refractivity contribution in [1.82, 2.24) is 0 Å². The van der Waals surface area contributed by atoms with Gasteiger partial charge in [0.2, 0.25) is 5.78 Å². The number of hydrogen-bond acceptors (Lipinski definition) is 3. The first-order valence-corrected chi connectivity index (χ1v) is 5.90. The Morgan fingerprint density at radius 3 is 2.82 bits per heavy atom. The molecule has 17 heavy (non-hydrogen) atoms. The number of carbonyl (C=O) groups excluding carboxylic acids is 1. The number of furan rings is 1. The molecule has 2 rings (SSSR count). The standard InChI is InChI=1S/C13H11BrO3/c1-16-10-4-2-3-9(7-10)8-11(15)12-5-6-13(14)17-12/h2-7H,8H2,1H3. The van der Waals surface area contributed by atoms with Crippen LogP contribution in [0.3, 0.4) is 0 Å². The molecule has 88 valence electrons. The van der Waals surface area contributed by atoms with E-state index in [1.807, 2.05) is 24.3 Å². The fraction of sp³-hybridized carbons (Fsp3) is 0.154. The molecule has 0 aliphatic rings. The Kier molecular flexibility index (Phi) is 3.64. The quantitative estimate of drug-likeness (QED) is 0.811. The van der Waals surface area contributed by atoms with E-state index in [0.29, 0.717) is 16.9 Å². The Bertz CT molecular complexity index is 531. The third kappa shape index (κ3) is 2.97. The number of benzene rings is 1. The van der Waals surface area contributed by atoms with E-state index in [9.17, 15) is 4.79 Å². The van der Waals surface area contributed by atoms with Gasteiger partial charge >= 0.3 is 0 Å². The van der Waals surface area contributed by atoms with Gasteiger partial charge in [0.1, 0.15) is 5.75 Å². The second kappa shape index (κ2) is 5.19. The largest absolute Gasteiger partial charge is 0.497 e. The minimum absolute atomic E-state index is 0.0519. The summed E-state index contributed by atoms with van der Waals surface area (Å²) in [6.45, 7) is 0. The molecule has 0 radical (unpaired) electrons. The molecule has 0 saturated carbocycles. The molecular weight excluding hydrogens is 284 g/mol. The van der Waals surface area contributed by atoms with Gasteiger partial charge in [0, 0.05) is 6.42 Å². The van der Waals surface area contributed by atoms with Crippen molar-refractivity contribution in [3.8, 4) is 5.75 Å². The molecule has 0 aliphatic heterocycles. The molecule has 1 aromatic carbocycles. The fourth-order valence-electron chi connectivity index (χ4n) is 1.52. The molecular formula is C13H11BrO3. The maximum atomic E-state index is 11.9. The van der Waals surface area contributed by atoms with Crippen LogP contribution in [0.25, 0.3) is 0 Å². The smallest absolute Gasteiger partial charge is 0.202 e. The van der Waals surface area contributed by atoms with E-state index >= 15 is 0 Å². The summed E-state index contributed by atoms with van der Waals surface area (Å²) in [6, 6.07) is 10.8. The molecule has 3 nitrogen and oxygen atoms in total. The minimum atomic E-state index is -0.0519. The van der Waals surface area contributed by atoms with Crippen molar-refractivity contribution in [3.05, 3.63) is 52.4 Å². The SMILES string of the molecule is COc1cccc(CC(=O)c2ccc(Br)o2)c1. The number of halogens is 1. The van der Waals surface area contributed by atoms with Gasteiger partial charge in [0.25, 0.3) is 0 Å². The van der Waals surface area contributed by atoms with E-state index in [1.54, 1.807) is 19.2 Å². The molecule has 0 unspecified atom stereocenters. The van der Waals surface area contributed by atoms with E-state index in [2.05, 4.69) is 15.9 Å². The van der Waals surface area contributed by atoms with Crippen molar-refractivity contribution in [2.75, 3.05) is 7.11 Å². The second-order valence-corrected chi connectivity index (χ2v) is 4.34. The predicted molar refractivity (Wildman–Crippen MR) is 67.4 cm³/mol. The first kappa shape index (κ1) is 11.9. The average Bonchev–Trinajstić information content (AvgIpc) is 2.76. The zero-order valence-corrected chi connectivity index (χ0v) is 10.9. The highest BCUT2D eigenvalue weighted by Gasteiger charge is 2.11. The van der Waals surface area contributed by atoms with Gasteiger partial charge in [-0.3, -0.25) is 4.79 Å². The van der Waals surface area contributed by atoms with Crippen LogP contribution in [0.2, 0.25) is 0 Å². The molecule has 1 heterocycles. The van der Waals surface area contributed by atoms with Crippen LogP contribution in [0.4, 0.5) is 0 Å². The first-order valence-electron chi connectivity index (χ1n) is 5.10. The number of Topliss-reactive ketones (excluding diaryl/α,β-unsaturated/α-hetero) is 1. The van der Waals surface area contributed by atoms with Crippen molar-refractivity contribution >= 4 is 21.7 Å². The van der Waals surface area contributed by atoms with E-state index < -0.39 is 0 Å². The fourth-order valence-corrected chi connectivity index (χ4v) is 1.83. The monoisotopic (exact) mass is 294 g/mol. The van der Waals surface area contributed by atoms with Gasteiger partial charge in [-0.05, 0) is 45.8 Å². The van der Waals surface area contributed by atoms with Crippen molar-refractivity contribution in [1.29, 1.82) is 0 Å². The summed E-state index contributed by atoms with van der Waals surface area (Å²) in [5.74, 6) is 1.06. The van der Waals surface area contributed by atoms with Crippen LogP contribution in [0.15, 0.2) is 45.5 Å². The van der Waals surface area contributed by atoms with Crippen LogP contribution in [0.5, 0.6) is 5.75 Å². The van der Waals surface area contributed by atoms with Gasteiger partial charge in [-0.1, -0.05) is 12.1 Å². The van der Waals surface area contributed by atoms with Crippen LogP contribution in [0, 0.1) is 0 Å². The van der Waals surface area contributed by atoms with Crippen molar-refractivity contribution in [3.63, 3.8) is 0 Å². The summed E-state index contributed by atoms with van der Waals surface area (Å²) in [6.07, 6.45) is 0.303. The molecule has 0 amide bonds. The number of rotatable bonds is 4. The summed E-state index contributed by atoms with van der Waals surface area (Å²) in [7, 11) is 1.60. The summed E-state index contributed by atoms with van der Waals surface area (Å²) in [4.78, 5) is 11.9. The van der Waals surface area contributed by atoms with Crippen LogP contribution in [-0.4, -0.2) is 12.9 Å². The molecule has 1 aromatic heterocycles. The van der Waals surface area contributed by atoms with Crippen LogP contribution in [-0.2, 0) is 6.42 Å². The maximum absolute atomic E-state index is 11.9. The lowest BCUT2D eigenvalue weighted by molar-refractivity contribution is 0.0965. The molecule has 0 spiro atoms. The average molecular weight is 295 g/mol. The van der Waals surface area contributed by atoms with Gasteiger partial charge in [0.15, 0.2) is 10.4 Å². The Hall–Kier alpha value is -1.55. The highest BCUT2D eigenvalue weighted by atomic mass is 79.9. The third-order valence-corrected chi connectivity index (χ3v) is 2.77. The molecule has 2 aromatic rings. The summed E-state index contributed by atoms with van der Waals surface area (Å²) >= 11 is 3.17. The zero-order chi connectivity index (χ0) is 12.3. The number of ketones is 1. The lowest BCUT2D eigenvalue weighted by Gasteiger charge is -2.02. The summed E-state index contributed by atoms with van der Waals surface area (Å²) in [5, 5.41) is 0. The van der Waals surface area contributed by atoms with Gasteiger partial charge in [0.05, 0.1) is 7.11 Å². The second-order valence-electron chi connectivity index (χ2n) is 3.56. The van der Waals surface area contributed by atoms with Gasteiger partial charge < -0.3 is 9.15 Å². The topological polar surface area (TPSA) is 39.4 Å². The predicted octanol–water partition coefficient (Wildman–Crippen LogP) is 3.48. The van der Waals surface area contributed by atoms with Gasteiger partial charge in [-0.15, -0.1) is 0 Å². The molecule has 4 heteroatoms. The lowest BCUT2D eigenvalue weighted by atomic mass is 10.1. The Balaban J connectivity index is 2.12. The Labute approximate surface area is 108 Å². The van der Waals surface area contributed by atoms with Crippen LogP contribution < -0.4 is 4.74 Å². The van der Waals surface area contributed by atoms with E-state index in [-0.39, 0.29) is 5.78 Å². The zero-order valence-electron chi connectivity index (χ0n) is 9.27. The molecule has 0 fully saturated rings. The van der Waals surface area contributed by atoms with Crippen molar-refractivity contribution in [2.24, 2.45) is 0 Å². The van der Waals surface area contributed by atoms with Crippen LogP contribution >= 0.6 is 15.9 Å². The van der Waals surface area contributed by atoms with Crippen molar-refractivity contribution < 1.29 is 13.9 Å². The molecule has 0 saturated heterocycles. The lowest BCUT2D eigenvalue weighted by Crippen LogP contribution is -2.02. The van der Waals surface area contributed by atoms with E-state index in [0.717, 1.165) is 11.3 Å². The number of carbonyl (C=O) groups is 1. The molecule has 0 N–H and O–H groups in total. The first-order chi connectivity index (χ1) is 8.19. The Morgan fingerprint density at radius 1 is 1.35 bits per heavy atom. The highest BCUT2D eigenvalue weighted by molar-refractivity contribution is 9.10. The molecule has 0 bridgehead atoms. The normalized spacial score (nSPS) is 10.2. The van der Waals surface area contributed by atoms with E-state index in [4.69, 9.17) is 9.15 Å². The number of ether oxygens (including phenoxy) is 1. The summed E-state index contributed by atoms with van der Waals surface area (Å²) < 4.78 is 10.9. The molecule has 0 atom stereocenters.